The maximum absolute atomic E-state index is 3.45. The van der Waals surface area contributed by atoms with E-state index >= 15 is 0 Å². The van der Waals surface area contributed by atoms with Gasteiger partial charge in [0.1, 0.15) is 0 Å². The SMILES string of the molecule is CC#Cc1cc(C#CC)cc(C23CC4CC(C2)CC(C2C5CC6CC(C5)CC2(c2cc(C#CC)cc(C#CC)c2)C6)(C4)C3)c1. The monoisotopic (exact) mass is 574 g/mol. The summed E-state index contributed by atoms with van der Waals surface area (Å²) >= 11 is 0. The van der Waals surface area contributed by atoms with Gasteiger partial charge in [0.2, 0.25) is 0 Å². The highest BCUT2D eigenvalue weighted by Gasteiger charge is 2.68. The van der Waals surface area contributed by atoms with E-state index in [0.717, 1.165) is 57.8 Å². The Morgan fingerprint density at radius 2 is 0.955 bits per heavy atom. The summed E-state index contributed by atoms with van der Waals surface area (Å²) in [5.41, 5.74) is 8.73. The molecule has 0 radical (unpaired) electrons. The lowest BCUT2D eigenvalue weighted by molar-refractivity contribution is -0.186. The van der Waals surface area contributed by atoms with Crippen molar-refractivity contribution in [2.24, 2.45) is 40.9 Å². The molecule has 8 bridgehead atoms. The average molecular weight is 575 g/mol. The number of hydrogen-bond donors (Lipinski definition) is 0. The lowest BCUT2D eigenvalue weighted by Gasteiger charge is -2.72. The molecule has 0 heterocycles. The third-order valence-electron chi connectivity index (χ3n) is 13.2. The summed E-state index contributed by atoms with van der Waals surface area (Å²) in [7, 11) is 0. The molecule has 0 amide bonds. The molecule has 0 spiro atoms. The minimum absolute atomic E-state index is 0.268. The summed E-state index contributed by atoms with van der Waals surface area (Å²) in [5.74, 6) is 31.6. The van der Waals surface area contributed by atoms with Crippen LogP contribution >= 0.6 is 0 Å². The smallest absolute Gasteiger partial charge is 0.0260 e. The number of benzene rings is 2. The predicted octanol–water partition coefficient (Wildman–Crippen LogP) is 9.40. The van der Waals surface area contributed by atoms with E-state index in [1.807, 2.05) is 27.7 Å². The maximum atomic E-state index is 3.45. The standard InChI is InChI=1S/C44H46/c1-5-9-30-13-31(10-6-2)20-39(19-30)42-23-36-16-37(24-42)26-43(25-36,29-42)41-38-17-34-15-35(18-38)28-44(41,27-34)40-21-32(11-7-3)14-33(22-40)12-8-4/h13-14,19-22,34-38,41H,15-18,23-29H2,1-4H3. The fraction of sp³-hybridized carbons (Fsp3) is 0.545. The summed E-state index contributed by atoms with van der Waals surface area (Å²) in [5, 5.41) is 0. The first-order chi connectivity index (χ1) is 21.4. The first-order valence-electron chi connectivity index (χ1n) is 17.4. The van der Waals surface area contributed by atoms with E-state index in [1.54, 1.807) is 11.1 Å². The van der Waals surface area contributed by atoms with Crippen molar-refractivity contribution in [1.29, 1.82) is 0 Å². The van der Waals surface area contributed by atoms with Gasteiger partial charge < -0.3 is 0 Å². The van der Waals surface area contributed by atoms with Gasteiger partial charge in [-0.05, 0) is 198 Å². The highest BCUT2D eigenvalue weighted by molar-refractivity contribution is 5.51. The third kappa shape index (κ3) is 4.33. The van der Waals surface area contributed by atoms with Crippen LogP contribution < -0.4 is 0 Å². The van der Waals surface area contributed by atoms with Crippen molar-refractivity contribution in [2.45, 2.75) is 109 Å². The number of rotatable bonds is 3. The van der Waals surface area contributed by atoms with Crippen LogP contribution in [0.3, 0.4) is 0 Å². The molecule has 8 aliphatic rings. The average Bonchev–Trinajstić information content (AvgIpc) is 2.96. The molecule has 8 saturated carbocycles. The van der Waals surface area contributed by atoms with Crippen molar-refractivity contribution in [3.63, 3.8) is 0 Å². The van der Waals surface area contributed by atoms with Crippen molar-refractivity contribution in [3.05, 3.63) is 69.8 Å². The molecule has 0 N–H and O–H groups in total. The topological polar surface area (TPSA) is 0 Å². The van der Waals surface area contributed by atoms with Gasteiger partial charge in [0.25, 0.3) is 0 Å². The van der Waals surface area contributed by atoms with Gasteiger partial charge in [-0.2, -0.15) is 0 Å². The Hall–Kier alpha value is -3.32. The van der Waals surface area contributed by atoms with Crippen LogP contribution in [0.25, 0.3) is 0 Å². The predicted molar refractivity (Wildman–Crippen MR) is 181 cm³/mol. The molecular weight excluding hydrogens is 528 g/mol. The van der Waals surface area contributed by atoms with E-state index < -0.39 is 0 Å². The van der Waals surface area contributed by atoms with Crippen molar-refractivity contribution in [1.82, 2.24) is 0 Å². The molecular formula is C44H46. The Morgan fingerprint density at radius 1 is 0.500 bits per heavy atom. The molecule has 0 heteroatoms. The lowest BCUT2D eigenvalue weighted by atomic mass is 9.32. The van der Waals surface area contributed by atoms with Gasteiger partial charge in [-0.15, -0.1) is 23.7 Å². The Morgan fingerprint density at radius 3 is 1.43 bits per heavy atom. The summed E-state index contributed by atoms with van der Waals surface area (Å²) in [6, 6.07) is 14.4. The first-order valence-corrected chi connectivity index (χ1v) is 17.4. The second kappa shape index (κ2) is 10.4. The van der Waals surface area contributed by atoms with Crippen molar-refractivity contribution in [2.75, 3.05) is 0 Å². The molecule has 0 saturated heterocycles. The van der Waals surface area contributed by atoms with Crippen molar-refractivity contribution in [3.8, 4) is 47.4 Å². The van der Waals surface area contributed by atoms with Crippen LogP contribution in [0.4, 0.5) is 0 Å². The van der Waals surface area contributed by atoms with Crippen LogP contribution in [-0.4, -0.2) is 0 Å². The van der Waals surface area contributed by atoms with E-state index in [1.165, 1.54) is 70.6 Å². The van der Waals surface area contributed by atoms with Gasteiger partial charge in [-0.3, -0.25) is 0 Å². The molecule has 2 aromatic carbocycles. The van der Waals surface area contributed by atoms with E-state index in [4.69, 9.17) is 0 Å². The van der Waals surface area contributed by atoms with Crippen molar-refractivity contribution < 1.29 is 0 Å². The van der Waals surface area contributed by atoms with E-state index in [-0.39, 0.29) is 10.8 Å². The van der Waals surface area contributed by atoms with Gasteiger partial charge in [0.05, 0.1) is 0 Å². The Kier molecular flexibility index (Phi) is 6.64. The molecule has 5 atom stereocenters. The highest BCUT2D eigenvalue weighted by Crippen LogP contribution is 2.76. The second-order valence-corrected chi connectivity index (χ2v) is 15.9. The van der Waals surface area contributed by atoms with Crippen LogP contribution in [0.5, 0.6) is 0 Å². The van der Waals surface area contributed by atoms with Gasteiger partial charge in [-0.25, -0.2) is 0 Å². The molecule has 44 heavy (non-hydrogen) atoms. The summed E-state index contributed by atoms with van der Waals surface area (Å²) in [6.07, 6.45) is 15.6. The van der Waals surface area contributed by atoms with Crippen LogP contribution in [0.1, 0.15) is 132 Å². The molecule has 0 aliphatic heterocycles. The zero-order valence-electron chi connectivity index (χ0n) is 27.2. The quantitative estimate of drug-likeness (QED) is 0.320. The fourth-order valence-corrected chi connectivity index (χ4v) is 13.3. The van der Waals surface area contributed by atoms with Gasteiger partial charge in [0, 0.05) is 22.3 Å². The van der Waals surface area contributed by atoms with Gasteiger partial charge in [0.15, 0.2) is 0 Å². The third-order valence-corrected chi connectivity index (χ3v) is 13.2. The minimum Gasteiger partial charge on any atom is -0.101 e. The zero-order chi connectivity index (χ0) is 30.1. The van der Waals surface area contributed by atoms with E-state index in [0.29, 0.717) is 5.41 Å². The summed E-state index contributed by atoms with van der Waals surface area (Å²) in [4.78, 5) is 0. The molecule has 0 aromatic heterocycles. The largest absolute Gasteiger partial charge is 0.101 e. The van der Waals surface area contributed by atoms with E-state index in [9.17, 15) is 0 Å². The van der Waals surface area contributed by atoms with Gasteiger partial charge >= 0.3 is 0 Å². The van der Waals surface area contributed by atoms with Crippen LogP contribution in [0, 0.1) is 88.3 Å². The zero-order valence-corrected chi connectivity index (χ0v) is 27.2. The molecule has 8 fully saturated rings. The van der Waals surface area contributed by atoms with E-state index in [2.05, 4.69) is 83.8 Å². The lowest BCUT2D eigenvalue weighted by Crippen LogP contribution is -2.65. The molecule has 10 rings (SSSR count). The maximum Gasteiger partial charge on any atom is 0.0260 e. The molecule has 0 nitrogen and oxygen atoms in total. The molecule has 2 aromatic rings. The molecule has 8 aliphatic carbocycles. The first kappa shape index (κ1) is 28.2. The van der Waals surface area contributed by atoms with Crippen molar-refractivity contribution >= 4 is 0 Å². The van der Waals surface area contributed by atoms with Gasteiger partial charge in [-0.1, -0.05) is 23.7 Å². The Balaban J connectivity index is 1.29. The fourth-order valence-electron chi connectivity index (χ4n) is 13.3. The second-order valence-electron chi connectivity index (χ2n) is 15.9. The summed E-state index contributed by atoms with van der Waals surface area (Å²) in [6.45, 7) is 7.86. The van der Waals surface area contributed by atoms with Crippen LogP contribution in [0.2, 0.25) is 0 Å². The molecule has 5 unspecified atom stereocenters. The normalized spacial score (nSPS) is 38.4. The minimum atomic E-state index is 0.268. The highest BCUT2D eigenvalue weighted by atomic mass is 14.7. The Bertz CT molecular complexity index is 1660. The Labute approximate surface area is 266 Å². The summed E-state index contributed by atoms with van der Waals surface area (Å²) < 4.78 is 0. The van der Waals surface area contributed by atoms with Crippen LogP contribution in [0.15, 0.2) is 36.4 Å². The van der Waals surface area contributed by atoms with Crippen LogP contribution in [-0.2, 0) is 10.8 Å². The number of hydrogen-bond acceptors (Lipinski definition) is 0. The molecule has 222 valence electrons.